The van der Waals surface area contributed by atoms with Crippen molar-refractivity contribution in [3.8, 4) is 0 Å². The molecule has 0 bridgehead atoms. The van der Waals surface area contributed by atoms with Crippen LogP contribution in [0.1, 0.15) is 39.5 Å². The molecule has 1 heterocycles. The molecule has 0 aromatic carbocycles. The maximum absolute atomic E-state index is 5.57. The summed E-state index contributed by atoms with van der Waals surface area (Å²) in [7, 11) is 2.58. The van der Waals surface area contributed by atoms with E-state index in [9.17, 15) is 0 Å². The van der Waals surface area contributed by atoms with E-state index in [4.69, 9.17) is 18.0 Å². The van der Waals surface area contributed by atoms with E-state index < -0.39 is 8.80 Å². The lowest BCUT2D eigenvalue weighted by Gasteiger charge is -2.31. The minimum Gasteiger partial charge on any atom is -0.377 e. The van der Waals surface area contributed by atoms with Gasteiger partial charge in [-0.2, -0.15) is 0 Å². The van der Waals surface area contributed by atoms with Crippen LogP contribution in [0.15, 0.2) is 0 Å². The first-order valence-electron chi connectivity index (χ1n) is 6.48. The van der Waals surface area contributed by atoms with Gasteiger partial charge in [-0.05, 0) is 25.7 Å². The van der Waals surface area contributed by atoms with E-state index in [-0.39, 0.29) is 0 Å². The minimum atomic E-state index is -2.47. The molecular weight excluding hydrogens is 236 g/mol. The maximum Gasteiger partial charge on any atom is 0.503 e. The molecule has 0 aromatic rings. The predicted octanol–water partition coefficient (Wildman–Crippen LogP) is 2.60. The summed E-state index contributed by atoms with van der Waals surface area (Å²) in [6, 6.07) is 0. The van der Waals surface area contributed by atoms with E-state index in [0.29, 0.717) is 17.7 Å². The third kappa shape index (κ3) is 3.51. The van der Waals surface area contributed by atoms with Gasteiger partial charge < -0.3 is 18.0 Å². The van der Waals surface area contributed by atoms with Gasteiger partial charge in [0.05, 0.1) is 12.2 Å². The molecule has 102 valence electrons. The number of hydrogen-bond donors (Lipinski definition) is 0. The Labute approximate surface area is 106 Å². The van der Waals surface area contributed by atoms with Crippen molar-refractivity contribution in [2.24, 2.45) is 0 Å². The van der Waals surface area contributed by atoms with E-state index in [1.54, 1.807) is 21.3 Å². The van der Waals surface area contributed by atoms with Crippen molar-refractivity contribution in [1.82, 2.24) is 0 Å². The molecule has 0 aliphatic carbocycles. The van der Waals surface area contributed by atoms with Gasteiger partial charge in [-0.25, -0.2) is 0 Å². The largest absolute Gasteiger partial charge is 0.503 e. The molecule has 4 nitrogen and oxygen atoms in total. The van der Waals surface area contributed by atoms with Crippen molar-refractivity contribution in [2.45, 2.75) is 57.3 Å². The van der Waals surface area contributed by atoms with Gasteiger partial charge in [-0.3, -0.25) is 0 Å². The highest BCUT2D eigenvalue weighted by Gasteiger charge is 2.47. The molecule has 5 heteroatoms. The summed E-state index contributed by atoms with van der Waals surface area (Å²) >= 11 is 0. The molecule has 1 fully saturated rings. The lowest BCUT2D eigenvalue weighted by atomic mass is 10.1. The van der Waals surface area contributed by atoms with Crippen LogP contribution in [0.4, 0.5) is 0 Å². The summed E-state index contributed by atoms with van der Waals surface area (Å²) in [5, 5.41) is 0. The molecule has 0 aromatic heterocycles. The quantitative estimate of drug-likeness (QED) is 0.473. The molecule has 1 saturated heterocycles. The van der Waals surface area contributed by atoms with Crippen molar-refractivity contribution in [3.05, 3.63) is 0 Å². The third-order valence-corrected chi connectivity index (χ3v) is 7.14. The molecular formula is C12H26O4Si. The number of rotatable bonds is 9. The van der Waals surface area contributed by atoms with Crippen LogP contribution in [-0.4, -0.2) is 42.3 Å². The van der Waals surface area contributed by atoms with E-state index in [1.165, 1.54) is 0 Å². The van der Waals surface area contributed by atoms with E-state index >= 15 is 0 Å². The van der Waals surface area contributed by atoms with Crippen LogP contribution in [0.3, 0.4) is 0 Å². The van der Waals surface area contributed by atoms with Crippen LogP contribution < -0.4 is 0 Å². The van der Waals surface area contributed by atoms with Crippen LogP contribution in [0.5, 0.6) is 0 Å². The Morgan fingerprint density at radius 2 is 1.65 bits per heavy atom. The standard InChI is InChI=1S/C12H26O4Si/c1-6-10(17(13-3,14-4)15-5)8-9-12-11(7-2)16-12/h10-12H,6-9H2,1-5H3. The number of ether oxygens (including phenoxy) is 1. The van der Waals surface area contributed by atoms with Gasteiger partial charge in [0, 0.05) is 26.9 Å². The lowest BCUT2D eigenvalue weighted by molar-refractivity contribution is 0.108. The normalized spacial score (nSPS) is 25.9. The Hall–Kier alpha value is 0.0569. The minimum absolute atomic E-state index is 0.365. The number of hydrogen-bond acceptors (Lipinski definition) is 4. The average Bonchev–Trinajstić information content (AvgIpc) is 3.14. The topological polar surface area (TPSA) is 40.2 Å². The summed E-state index contributed by atoms with van der Waals surface area (Å²) in [6.45, 7) is 4.33. The van der Waals surface area contributed by atoms with Crippen molar-refractivity contribution < 1.29 is 18.0 Å². The van der Waals surface area contributed by atoms with Gasteiger partial charge in [-0.15, -0.1) is 0 Å². The first-order valence-corrected chi connectivity index (χ1v) is 8.28. The first kappa shape index (κ1) is 15.1. The van der Waals surface area contributed by atoms with Crippen LogP contribution in [0, 0.1) is 0 Å². The summed E-state index contributed by atoms with van der Waals surface area (Å²) in [6.07, 6.45) is 5.21. The summed E-state index contributed by atoms with van der Waals surface area (Å²) in [5.74, 6) is 0. The molecule has 17 heavy (non-hydrogen) atoms. The second kappa shape index (κ2) is 6.85. The molecule has 0 spiro atoms. The molecule has 3 atom stereocenters. The van der Waals surface area contributed by atoms with Gasteiger partial charge in [0.2, 0.25) is 0 Å². The molecule has 3 unspecified atom stereocenters. The zero-order valence-corrected chi connectivity index (χ0v) is 12.7. The highest BCUT2D eigenvalue weighted by atomic mass is 28.4. The second-order valence-corrected chi connectivity index (χ2v) is 7.77. The molecule has 0 saturated carbocycles. The van der Waals surface area contributed by atoms with Crippen molar-refractivity contribution in [2.75, 3.05) is 21.3 Å². The van der Waals surface area contributed by atoms with Crippen LogP contribution in [-0.2, 0) is 18.0 Å². The van der Waals surface area contributed by atoms with Crippen molar-refractivity contribution >= 4 is 8.80 Å². The fourth-order valence-corrected chi connectivity index (χ4v) is 5.06. The van der Waals surface area contributed by atoms with Gasteiger partial charge >= 0.3 is 8.80 Å². The Bertz CT molecular complexity index is 212. The van der Waals surface area contributed by atoms with Gasteiger partial charge in [0.1, 0.15) is 0 Å². The summed E-state index contributed by atoms with van der Waals surface area (Å²) in [4.78, 5) is 0. The fraction of sp³-hybridized carbons (Fsp3) is 1.00. The zero-order valence-electron chi connectivity index (χ0n) is 11.7. The van der Waals surface area contributed by atoms with Crippen LogP contribution in [0.2, 0.25) is 5.54 Å². The van der Waals surface area contributed by atoms with E-state index in [2.05, 4.69) is 13.8 Å². The average molecular weight is 262 g/mol. The van der Waals surface area contributed by atoms with Gasteiger partial charge in [-0.1, -0.05) is 13.8 Å². The lowest BCUT2D eigenvalue weighted by Crippen LogP contribution is -2.47. The Morgan fingerprint density at radius 1 is 1.06 bits per heavy atom. The molecule has 1 aliphatic heterocycles. The highest BCUT2D eigenvalue weighted by molar-refractivity contribution is 6.62. The maximum atomic E-state index is 5.57. The molecule has 0 amide bonds. The van der Waals surface area contributed by atoms with Crippen LogP contribution >= 0.6 is 0 Å². The molecule has 0 radical (unpaired) electrons. The zero-order chi connectivity index (χ0) is 12.9. The van der Waals surface area contributed by atoms with Gasteiger partial charge in [0.25, 0.3) is 0 Å². The van der Waals surface area contributed by atoms with Gasteiger partial charge in [0.15, 0.2) is 0 Å². The smallest absolute Gasteiger partial charge is 0.377 e. The SMILES string of the molecule is CCC1OC1CCC(CC)[Si](OC)(OC)OC. The highest BCUT2D eigenvalue weighted by Crippen LogP contribution is 2.37. The van der Waals surface area contributed by atoms with Crippen LogP contribution in [0.25, 0.3) is 0 Å². The van der Waals surface area contributed by atoms with E-state index in [1.807, 2.05) is 0 Å². The Morgan fingerprint density at radius 3 is 2.00 bits per heavy atom. The second-order valence-electron chi connectivity index (χ2n) is 4.52. The third-order valence-electron chi connectivity index (χ3n) is 3.74. The van der Waals surface area contributed by atoms with E-state index in [0.717, 1.165) is 25.7 Å². The number of epoxide rings is 1. The first-order chi connectivity index (χ1) is 8.17. The molecule has 1 rings (SSSR count). The van der Waals surface area contributed by atoms with Crippen molar-refractivity contribution in [3.63, 3.8) is 0 Å². The van der Waals surface area contributed by atoms with Crippen molar-refractivity contribution in [1.29, 1.82) is 0 Å². The molecule has 0 N–H and O–H groups in total. The fourth-order valence-electron chi connectivity index (χ4n) is 2.54. The Balaban J connectivity index is 2.46. The Kier molecular flexibility index (Phi) is 6.09. The summed E-state index contributed by atoms with van der Waals surface area (Å²) in [5.41, 5.74) is 0.365. The summed E-state index contributed by atoms with van der Waals surface area (Å²) < 4.78 is 22.2. The monoisotopic (exact) mass is 262 g/mol. The predicted molar refractivity (Wildman–Crippen MR) is 69.0 cm³/mol. The molecule has 1 aliphatic rings.